The summed E-state index contributed by atoms with van der Waals surface area (Å²) in [6.07, 6.45) is -0.864. The van der Waals surface area contributed by atoms with Gasteiger partial charge in [0.25, 0.3) is 8.32 Å². The number of nitrogens with zero attached hydrogens (tertiary/aromatic N) is 1. The van der Waals surface area contributed by atoms with Gasteiger partial charge in [-0.15, -0.1) is 0 Å². The van der Waals surface area contributed by atoms with E-state index in [1.54, 1.807) is 27.9 Å². The Bertz CT molecular complexity index is 1350. The number of pyridine rings is 1. The number of fused-ring (bicyclic) bond motifs is 1. The highest BCUT2D eigenvalue weighted by molar-refractivity contribution is 6.99. The summed E-state index contributed by atoms with van der Waals surface area (Å²) in [5, 5.41) is 25.1. The van der Waals surface area contributed by atoms with E-state index in [9.17, 15) is 10.2 Å². The van der Waals surface area contributed by atoms with Gasteiger partial charge in [-0.25, -0.2) is 4.98 Å². The zero-order valence-electron chi connectivity index (χ0n) is 23.4. The Hall–Kier alpha value is -3.03. The molecule has 200 valence electrons. The number of benzene rings is 3. The smallest absolute Gasteiger partial charge is 0.261 e. The van der Waals surface area contributed by atoms with Crippen LogP contribution in [0.2, 0.25) is 5.04 Å². The lowest BCUT2D eigenvalue weighted by Gasteiger charge is -2.43. The maximum absolute atomic E-state index is 11.1. The number of hydrogen-bond donors (Lipinski definition) is 2. The summed E-state index contributed by atoms with van der Waals surface area (Å²) in [4.78, 5) is 4.80. The highest BCUT2D eigenvalue weighted by Crippen LogP contribution is 2.40. The Morgan fingerprint density at radius 3 is 1.87 bits per heavy atom. The largest absolute Gasteiger partial charge is 0.497 e. The summed E-state index contributed by atoms with van der Waals surface area (Å²) in [6.45, 7) is 12.1. The van der Waals surface area contributed by atoms with Crippen LogP contribution in [-0.2, 0) is 16.6 Å². The second-order valence-corrected chi connectivity index (χ2v) is 15.7. The van der Waals surface area contributed by atoms with Gasteiger partial charge in [0.05, 0.1) is 31.0 Å². The fourth-order valence-corrected chi connectivity index (χ4v) is 9.98. The highest BCUT2D eigenvalue weighted by Gasteiger charge is 2.50. The quantitative estimate of drug-likeness (QED) is 0.291. The normalized spacial score (nSPS) is 13.5. The average molecular weight is 530 g/mol. The van der Waals surface area contributed by atoms with Gasteiger partial charge in [-0.1, -0.05) is 81.4 Å². The summed E-state index contributed by atoms with van der Waals surface area (Å²) >= 11 is 0. The molecule has 1 unspecified atom stereocenters. The molecule has 0 aliphatic carbocycles. The standard InChI is InChI=1S/C32H39NO4Si/c1-22(34)29-27(26-20-23(36-7)18-19-28(26)33-30(29)32(5,6)35)21-37-38(31(2,3)4,24-14-10-8-11-15-24)25-16-12-9-13-17-25/h8-20,22,34-35H,21H2,1-7H3. The Morgan fingerprint density at radius 2 is 1.42 bits per heavy atom. The monoisotopic (exact) mass is 529 g/mol. The molecular formula is C32H39NO4Si. The van der Waals surface area contributed by atoms with Crippen molar-refractivity contribution in [3.8, 4) is 5.75 Å². The average Bonchev–Trinajstić information content (AvgIpc) is 2.88. The van der Waals surface area contributed by atoms with Gasteiger partial charge in [0, 0.05) is 10.9 Å². The van der Waals surface area contributed by atoms with E-state index in [1.165, 1.54) is 10.4 Å². The van der Waals surface area contributed by atoms with E-state index < -0.39 is 20.0 Å². The molecule has 1 aromatic heterocycles. The third-order valence-corrected chi connectivity index (χ3v) is 12.2. The number of methoxy groups -OCH3 is 1. The van der Waals surface area contributed by atoms with Gasteiger partial charge in [0.2, 0.25) is 0 Å². The lowest BCUT2D eigenvalue weighted by atomic mass is 9.90. The molecule has 0 aliphatic rings. The van der Waals surface area contributed by atoms with Crippen LogP contribution in [0, 0.1) is 0 Å². The number of aromatic nitrogens is 1. The van der Waals surface area contributed by atoms with E-state index in [-0.39, 0.29) is 11.6 Å². The number of rotatable bonds is 8. The molecule has 0 radical (unpaired) electrons. The lowest BCUT2D eigenvalue weighted by molar-refractivity contribution is 0.0687. The first-order chi connectivity index (χ1) is 17.9. The summed E-state index contributed by atoms with van der Waals surface area (Å²) in [5.74, 6) is 0.693. The molecule has 0 fully saturated rings. The minimum atomic E-state index is -2.86. The van der Waals surface area contributed by atoms with Crippen molar-refractivity contribution in [3.05, 3.63) is 95.7 Å². The second-order valence-electron chi connectivity index (χ2n) is 11.4. The van der Waals surface area contributed by atoms with E-state index in [0.717, 1.165) is 10.9 Å². The molecule has 0 amide bonds. The first kappa shape index (κ1) is 28.0. The number of hydrogen-bond acceptors (Lipinski definition) is 5. The lowest BCUT2D eigenvalue weighted by Crippen LogP contribution is -2.66. The highest BCUT2D eigenvalue weighted by atomic mass is 28.4. The van der Waals surface area contributed by atoms with Crippen molar-refractivity contribution in [1.82, 2.24) is 4.98 Å². The van der Waals surface area contributed by atoms with Crippen LogP contribution < -0.4 is 15.1 Å². The van der Waals surface area contributed by atoms with Gasteiger partial charge in [-0.3, -0.25) is 0 Å². The third kappa shape index (κ3) is 5.14. The van der Waals surface area contributed by atoms with Crippen molar-refractivity contribution < 1.29 is 19.4 Å². The molecule has 0 aliphatic heterocycles. The first-order valence-corrected chi connectivity index (χ1v) is 15.0. The molecule has 4 rings (SSSR count). The molecule has 1 heterocycles. The van der Waals surface area contributed by atoms with Gasteiger partial charge in [-0.05, 0) is 59.9 Å². The molecule has 4 aromatic rings. The Kier molecular flexibility index (Phi) is 7.82. The van der Waals surface area contributed by atoms with E-state index in [4.69, 9.17) is 14.1 Å². The third-order valence-electron chi connectivity index (χ3n) is 7.19. The maximum Gasteiger partial charge on any atom is 0.261 e. The first-order valence-electron chi connectivity index (χ1n) is 13.1. The van der Waals surface area contributed by atoms with Gasteiger partial charge >= 0.3 is 0 Å². The molecule has 38 heavy (non-hydrogen) atoms. The predicted octanol–water partition coefficient (Wildman–Crippen LogP) is 5.60. The van der Waals surface area contributed by atoms with Crippen molar-refractivity contribution in [2.24, 2.45) is 0 Å². The molecule has 0 spiro atoms. The molecule has 0 saturated heterocycles. The zero-order valence-corrected chi connectivity index (χ0v) is 24.4. The van der Waals surface area contributed by atoms with Crippen LogP contribution >= 0.6 is 0 Å². The van der Waals surface area contributed by atoms with Gasteiger partial charge in [-0.2, -0.15) is 0 Å². The summed E-state index contributed by atoms with van der Waals surface area (Å²) in [5.41, 5.74) is 1.32. The van der Waals surface area contributed by atoms with Crippen LogP contribution in [0.5, 0.6) is 5.75 Å². The van der Waals surface area contributed by atoms with Crippen molar-refractivity contribution in [1.29, 1.82) is 0 Å². The fourth-order valence-electron chi connectivity index (χ4n) is 5.46. The number of aliphatic hydroxyl groups is 2. The Morgan fingerprint density at radius 1 is 0.868 bits per heavy atom. The summed E-state index contributed by atoms with van der Waals surface area (Å²) in [6, 6.07) is 26.7. The molecule has 2 N–H and O–H groups in total. The van der Waals surface area contributed by atoms with Crippen molar-refractivity contribution in [2.45, 2.75) is 64.9 Å². The molecule has 6 heteroatoms. The van der Waals surface area contributed by atoms with Crippen LogP contribution in [-0.4, -0.2) is 30.6 Å². The van der Waals surface area contributed by atoms with Crippen LogP contribution in [0.25, 0.3) is 10.9 Å². The van der Waals surface area contributed by atoms with E-state index >= 15 is 0 Å². The summed E-state index contributed by atoms with van der Waals surface area (Å²) < 4.78 is 12.8. The van der Waals surface area contributed by atoms with E-state index in [0.29, 0.717) is 22.5 Å². The van der Waals surface area contributed by atoms with Crippen LogP contribution in [0.1, 0.15) is 64.5 Å². The summed E-state index contributed by atoms with van der Waals surface area (Å²) in [7, 11) is -1.23. The maximum atomic E-state index is 11.1. The van der Waals surface area contributed by atoms with E-state index in [1.807, 2.05) is 30.3 Å². The fraction of sp³-hybridized carbons (Fsp3) is 0.344. The minimum Gasteiger partial charge on any atom is -0.497 e. The Labute approximate surface area is 227 Å². The molecule has 5 nitrogen and oxygen atoms in total. The predicted molar refractivity (Wildman–Crippen MR) is 157 cm³/mol. The second kappa shape index (κ2) is 10.6. The molecular weight excluding hydrogens is 490 g/mol. The topological polar surface area (TPSA) is 71.8 Å². The molecule has 3 aromatic carbocycles. The SMILES string of the molecule is COc1ccc2nc(C(C)(C)O)c(C(C)O)c(CO[Si](c3ccccc3)(c3ccccc3)C(C)(C)C)c2c1. The Balaban J connectivity index is 2.01. The van der Waals surface area contributed by atoms with Crippen molar-refractivity contribution >= 4 is 29.6 Å². The minimum absolute atomic E-state index is 0.208. The molecule has 0 bridgehead atoms. The van der Waals surface area contributed by atoms with Crippen molar-refractivity contribution in [2.75, 3.05) is 7.11 Å². The van der Waals surface area contributed by atoms with Crippen LogP contribution in [0.15, 0.2) is 78.9 Å². The van der Waals surface area contributed by atoms with Gasteiger partial charge in [0.15, 0.2) is 0 Å². The van der Waals surface area contributed by atoms with Crippen molar-refractivity contribution in [3.63, 3.8) is 0 Å². The van der Waals surface area contributed by atoms with Crippen LogP contribution in [0.4, 0.5) is 0 Å². The van der Waals surface area contributed by atoms with E-state index in [2.05, 4.69) is 69.3 Å². The number of ether oxygens (including phenoxy) is 1. The number of aliphatic hydroxyl groups excluding tert-OH is 1. The van der Waals surface area contributed by atoms with Gasteiger partial charge in [0.1, 0.15) is 11.4 Å². The van der Waals surface area contributed by atoms with Gasteiger partial charge < -0.3 is 19.4 Å². The zero-order chi connectivity index (χ0) is 27.7. The van der Waals surface area contributed by atoms with Crippen LogP contribution in [0.3, 0.4) is 0 Å². The molecule has 0 saturated carbocycles. The molecule has 1 atom stereocenters.